The lowest BCUT2D eigenvalue weighted by atomic mass is 10.1. The van der Waals surface area contributed by atoms with E-state index in [2.05, 4.69) is 23.9 Å². The first kappa shape index (κ1) is 12.3. The lowest BCUT2D eigenvalue weighted by Crippen LogP contribution is -2.24. The zero-order valence-electron chi connectivity index (χ0n) is 10.4. The van der Waals surface area contributed by atoms with Crippen LogP contribution >= 0.6 is 0 Å². The van der Waals surface area contributed by atoms with Gasteiger partial charge in [-0.15, -0.1) is 0 Å². The van der Waals surface area contributed by atoms with E-state index in [4.69, 9.17) is 5.73 Å². The summed E-state index contributed by atoms with van der Waals surface area (Å²) < 4.78 is 1.64. The molecule has 0 aliphatic rings. The van der Waals surface area contributed by atoms with E-state index in [-0.39, 0.29) is 11.0 Å². The zero-order chi connectivity index (χ0) is 13.3. The van der Waals surface area contributed by atoms with E-state index in [0.29, 0.717) is 11.6 Å². The minimum Gasteiger partial charge on any atom is -0.365 e. The van der Waals surface area contributed by atoms with Crippen LogP contribution < -0.4 is 11.2 Å². The third kappa shape index (κ3) is 2.13. The first-order valence-electron chi connectivity index (χ1n) is 5.88. The Bertz CT molecular complexity index is 639. The molecule has 0 aromatic carbocycles. The molecule has 18 heavy (non-hydrogen) atoms. The van der Waals surface area contributed by atoms with Gasteiger partial charge in [0.1, 0.15) is 11.9 Å². The highest BCUT2D eigenvalue weighted by Gasteiger charge is 2.16. The lowest BCUT2D eigenvalue weighted by Gasteiger charge is -2.08. The molecule has 2 aromatic heterocycles. The second kappa shape index (κ2) is 4.64. The Morgan fingerprint density at radius 2 is 2.28 bits per heavy atom. The summed E-state index contributed by atoms with van der Waals surface area (Å²) >= 11 is 0. The van der Waals surface area contributed by atoms with Crippen molar-refractivity contribution in [3.05, 3.63) is 33.9 Å². The number of aryl methyl sites for hydroxylation is 1. The zero-order valence-corrected chi connectivity index (χ0v) is 10.4. The molecule has 0 saturated heterocycles. The molecule has 2 aromatic rings. The van der Waals surface area contributed by atoms with Crippen molar-refractivity contribution in [1.29, 1.82) is 0 Å². The Morgan fingerprint density at radius 3 is 2.89 bits per heavy atom. The SMILES string of the molecule is CC(C)CCc1cc(=O)c(C(N)=O)c2nc[nH]n12. The smallest absolute Gasteiger partial charge is 0.256 e. The van der Waals surface area contributed by atoms with E-state index < -0.39 is 5.91 Å². The van der Waals surface area contributed by atoms with E-state index >= 15 is 0 Å². The predicted octanol–water partition coefficient (Wildman–Crippen LogP) is 0.710. The van der Waals surface area contributed by atoms with Crippen LogP contribution in [0, 0.1) is 5.92 Å². The third-order valence-corrected chi connectivity index (χ3v) is 2.86. The average molecular weight is 248 g/mol. The maximum absolute atomic E-state index is 11.9. The minimum atomic E-state index is -0.750. The summed E-state index contributed by atoms with van der Waals surface area (Å²) in [7, 11) is 0. The molecule has 0 fully saturated rings. The molecule has 3 N–H and O–H groups in total. The third-order valence-electron chi connectivity index (χ3n) is 2.86. The van der Waals surface area contributed by atoms with Crippen molar-refractivity contribution in [3.63, 3.8) is 0 Å². The van der Waals surface area contributed by atoms with Crippen molar-refractivity contribution in [3.8, 4) is 0 Å². The van der Waals surface area contributed by atoms with Crippen molar-refractivity contribution >= 4 is 11.6 Å². The second-order valence-electron chi connectivity index (χ2n) is 4.72. The van der Waals surface area contributed by atoms with Crippen molar-refractivity contribution < 1.29 is 4.79 Å². The van der Waals surface area contributed by atoms with Crippen LogP contribution in [0.2, 0.25) is 0 Å². The van der Waals surface area contributed by atoms with Gasteiger partial charge in [0, 0.05) is 11.8 Å². The van der Waals surface area contributed by atoms with Gasteiger partial charge in [0.25, 0.3) is 5.91 Å². The number of pyridine rings is 1. The van der Waals surface area contributed by atoms with Crippen molar-refractivity contribution in [2.45, 2.75) is 26.7 Å². The highest BCUT2D eigenvalue weighted by Crippen LogP contribution is 2.11. The van der Waals surface area contributed by atoms with Gasteiger partial charge in [-0.2, -0.15) is 0 Å². The fourth-order valence-electron chi connectivity index (χ4n) is 1.91. The van der Waals surface area contributed by atoms with Crippen LogP contribution in [-0.4, -0.2) is 20.5 Å². The first-order valence-corrected chi connectivity index (χ1v) is 5.88. The molecule has 0 radical (unpaired) electrons. The van der Waals surface area contributed by atoms with Crippen LogP contribution in [0.5, 0.6) is 0 Å². The Labute approximate surface area is 104 Å². The number of primary amides is 1. The highest BCUT2D eigenvalue weighted by atomic mass is 16.2. The van der Waals surface area contributed by atoms with Gasteiger partial charge in [0.15, 0.2) is 11.1 Å². The summed E-state index contributed by atoms with van der Waals surface area (Å²) in [5.74, 6) is -0.213. The molecular formula is C12H16N4O2. The number of fused-ring (bicyclic) bond motifs is 1. The molecule has 0 atom stereocenters. The normalized spacial score (nSPS) is 11.3. The van der Waals surface area contributed by atoms with Gasteiger partial charge >= 0.3 is 0 Å². The summed E-state index contributed by atoms with van der Waals surface area (Å²) in [5.41, 5.74) is 5.88. The number of H-pyrrole nitrogens is 1. The topological polar surface area (TPSA) is 93.2 Å². The minimum absolute atomic E-state index is 0.0652. The van der Waals surface area contributed by atoms with E-state index in [1.807, 2.05) is 0 Å². The van der Waals surface area contributed by atoms with Crippen molar-refractivity contribution in [2.24, 2.45) is 11.7 Å². The molecule has 6 heteroatoms. The summed E-state index contributed by atoms with van der Waals surface area (Å²) in [6, 6.07) is 1.45. The fraction of sp³-hybridized carbons (Fsp3) is 0.417. The van der Waals surface area contributed by atoms with Crippen molar-refractivity contribution in [2.75, 3.05) is 0 Å². The Balaban J connectivity index is 2.57. The van der Waals surface area contributed by atoms with E-state index in [1.165, 1.54) is 12.4 Å². The molecule has 0 unspecified atom stereocenters. The maximum atomic E-state index is 11.9. The van der Waals surface area contributed by atoms with Crippen LogP contribution in [0.1, 0.15) is 36.3 Å². The molecule has 1 amide bonds. The number of nitrogens with zero attached hydrogens (tertiary/aromatic N) is 2. The van der Waals surface area contributed by atoms with Crippen LogP contribution in [0.25, 0.3) is 5.65 Å². The van der Waals surface area contributed by atoms with E-state index in [0.717, 1.165) is 18.5 Å². The predicted molar refractivity (Wildman–Crippen MR) is 67.5 cm³/mol. The summed E-state index contributed by atoms with van der Waals surface area (Å²) in [6.07, 6.45) is 3.14. The molecule has 0 bridgehead atoms. The average Bonchev–Trinajstić information content (AvgIpc) is 2.73. The molecule has 0 aliphatic heterocycles. The molecule has 0 aliphatic carbocycles. The Hall–Kier alpha value is -2.11. The van der Waals surface area contributed by atoms with Crippen LogP contribution in [0.3, 0.4) is 0 Å². The monoisotopic (exact) mass is 248 g/mol. The van der Waals surface area contributed by atoms with Gasteiger partial charge < -0.3 is 5.73 Å². The molecule has 0 saturated carbocycles. The van der Waals surface area contributed by atoms with Crippen molar-refractivity contribution in [1.82, 2.24) is 14.6 Å². The maximum Gasteiger partial charge on any atom is 0.256 e. The highest BCUT2D eigenvalue weighted by molar-refractivity contribution is 5.98. The quantitative estimate of drug-likeness (QED) is 0.834. The second-order valence-corrected chi connectivity index (χ2v) is 4.72. The number of hydrogen-bond donors (Lipinski definition) is 2. The number of carbonyl (C=O) groups is 1. The standard InChI is InChI=1S/C12H16N4O2/c1-7(2)3-4-8-5-9(17)10(11(13)18)12-14-6-15-16(8)12/h5-7H,3-4H2,1-2H3,(H2,13,18)(H,14,15). The van der Waals surface area contributed by atoms with Gasteiger partial charge in [-0.25, -0.2) is 9.50 Å². The van der Waals surface area contributed by atoms with Crippen LogP contribution in [0.15, 0.2) is 17.2 Å². The summed E-state index contributed by atoms with van der Waals surface area (Å²) in [4.78, 5) is 27.1. The number of aromatic nitrogens is 3. The molecule has 6 nitrogen and oxygen atoms in total. The molecular weight excluding hydrogens is 232 g/mol. The molecule has 2 rings (SSSR count). The van der Waals surface area contributed by atoms with Crippen LogP contribution in [-0.2, 0) is 6.42 Å². The fourth-order valence-corrected chi connectivity index (χ4v) is 1.91. The number of nitrogens with one attached hydrogen (secondary N) is 1. The van der Waals surface area contributed by atoms with E-state index in [9.17, 15) is 9.59 Å². The number of nitrogens with two attached hydrogens (primary N) is 1. The number of rotatable bonds is 4. The summed E-state index contributed by atoms with van der Waals surface area (Å²) in [5, 5.41) is 2.89. The molecule has 0 spiro atoms. The van der Waals surface area contributed by atoms with Gasteiger partial charge in [-0.3, -0.25) is 14.7 Å². The first-order chi connectivity index (χ1) is 8.50. The van der Waals surface area contributed by atoms with Gasteiger partial charge in [-0.1, -0.05) is 13.8 Å². The van der Waals surface area contributed by atoms with Gasteiger partial charge in [0.2, 0.25) is 0 Å². The van der Waals surface area contributed by atoms with E-state index in [1.54, 1.807) is 4.52 Å². The summed E-state index contributed by atoms with van der Waals surface area (Å²) in [6.45, 7) is 4.23. The number of carbonyl (C=O) groups excluding carboxylic acids is 1. The number of amides is 1. The van der Waals surface area contributed by atoms with Gasteiger partial charge in [-0.05, 0) is 18.8 Å². The van der Waals surface area contributed by atoms with Gasteiger partial charge in [0.05, 0.1) is 0 Å². The Kier molecular flexibility index (Phi) is 3.18. The molecule has 96 valence electrons. The number of aromatic amines is 1. The largest absolute Gasteiger partial charge is 0.365 e. The lowest BCUT2D eigenvalue weighted by molar-refractivity contribution is 0.100. The Morgan fingerprint density at radius 1 is 1.56 bits per heavy atom. The van der Waals surface area contributed by atoms with Crippen LogP contribution in [0.4, 0.5) is 0 Å². The molecule has 2 heterocycles. The number of hydrogen-bond acceptors (Lipinski definition) is 3.